The Morgan fingerprint density at radius 1 is 1.26 bits per heavy atom. The molecule has 1 aromatic heterocycles. The molecule has 0 radical (unpaired) electrons. The second-order valence-corrected chi connectivity index (χ2v) is 5.41. The second-order valence-electron chi connectivity index (χ2n) is 4.33. The van der Waals surface area contributed by atoms with Gasteiger partial charge >= 0.3 is 5.97 Å². The van der Waals surface area contributed by atoms with E-state index in [1.165, 1.54) is 16.9 Å². The molecule has 2 rings (SSSR count). The Kier molecular flexibility index (Phi) is 4.29. The molecule has 19 heavy (non-hydrogen) atoms. The van der Waals surface area contributed by atoms with E-state index in [4.69, 9.17) is 5.11 Å². The lowest BCUT2D eigenvalue weighted by Crippen LogP contribution is -2.04. The number of nitrogens with one attached hydrogen (secondary N) is 1. The summed E-state index contributed by atoms with van der Waals surface area (Å²) in [7, 11) is 1.89. The average Bonchev–Trinajstić information content (AvgIpc) is 2.79. The molecule has 0 unspecified atom stereocenters. The van der Waals surface area contributed by atoms with Gasteiger partial charge in [0, 0.05) is 17.7 Å². The summed E-state index contributed by atoms with van der Waals surface area (Å²) in [6, 6.07) is 7.92. The van der Waals surface area contributed by atoms with Crippen LogP contribution in [0.5, 0.6) is 0 Å². The van der Waals surface area contributed by atoms with E-state index in [1.54, 1.807) is 0 Å². The van der Waals surface area contributed by atoms with E-state index in [0.29, 0.717) is 4.88 Å². The Morgan fingerprint density at radius 3 is 2.74 bits per heavy atom. The minimum atomic E-state index is -0.939. The molecule has 2 aromatic rings. The Bertz CT molecular complexity index is 618. The lowest BCUT2D eigenvalue weighted by molar-refractivity contribution is -0.136. The maximum absolute atomic E-state index is 11.9. The third-order valence-electron chi connectivity index (χ3n) is 2.81. The molecule has 0 aliphatic rings. The number of hydrogen-bond acceptors (Lipinski definition) is 4. The van der Waals surface area contributed by atoms with Gasteiger partial charge in [0.05, 0.1) is 11.3 Å². The van der Waals surface area contributed by atoms with Gasteiger partial charge in [-0.1, -0.05) is 12.1 Å². The number of carboxylic acid groups (broad SMARTS) is 1. The second kappa shape index (κ2) is 5.95. The average molecular weight is 277 g/mol. The molecule has 0 amide bonds. The summed E-state index contributed by atoms with van der Waals surface area (Å²) in [5.41, 5.74) is 1.17. The summed E-state index contributed by atoms with van der Waals surface area (Å²) in [6.45, 7) is 0.788. The minimum absolute atomic E-state index is 0.0610. The van der Waals surface area contributed by atoms with Crippen LogP contribution in [0.15, 0.2) is 24.3 Å². The molecule has 0 atom stereocenters. The van der Waals surface area contributed by atoms with E-state index in [0.717, 1.165) is 16.6 Å². The Balaban J connectivity index is 2.21. The molecule has 0 aliphatic heterocycles. The zero-order valence-electron chi connectivity index (χ0n) is 10.6. The third-order valence-corrected chi connectivity index (χ3v) is 3.95. The maximum Gasteiger partial charge on any atom is 0.303 e. The van der Waals surface area contributed by atoms with Crippen molar-refractivity contribution in [2.75, 3.05) is 7.05 Å². The van der Waals surface area contributed by atoms with Gasteiger partial charge in [-0.3, -0.25) is 9.59 Å². The van der Waals surface area contributed by atoms with Crippen molar-refractivity contribution in [1.29, 1.82) is 0 Å². The van der Waals surface area contributed by atoms with Crippen LogP contribution in [0.1, 0.15) is 28.1 Å². The van der Waals surface area contributed by atoms with E-state index in [1.807, 2.05) is 25.2 Å². The predicted octanol–water partition coefficient (Wildman–Crippen LogP) is 2.67. The lowest BCUT2D eigenvalue weighted by Gasteiger charge is -1.98. The smallest absolute Gasteiger partial charge is 0.303 e. The first-order valence-electron chi connectivity index (χ1n) is 6.02. The number of thiophene rings is 1. The molecule has 0 saturated heterocycles. The number of carbonyl (C=O) groups is 2. The molecule has 0 fully saturated rings. The number of carbonyl (C=O) groups excluding carboxylic acids is 1. The molecule has 0 bridgehead atoms. The number of ketones is 1. The highest BCUT2D eigenvalue weighted by Crippen LogP contribution is 2.27. The molecule has 2 N–H and O–H groups in total. The van der Waals surface area contributed by atoms with E-state index < -0.39 is 5.97 Å². The van der Waals surface area contributed by atoms with E-state index >= 15 is 0 Å². The highest BCUT2D eigenvalue weighted by molar-refractivity contribution is 7.20. The van der Waals surface area contributed by atoms with Gasteiger partial charge in [-0.25, -0.2) is 0 Å². The molecule has 0 aliphatic carbocycles. The first-order valence-corrected chi connectivity index (χ1v) is 6.84. The molecule has 4 nitrogen and oxygen atoms in total. The number of hydrogen-bond donors (Lipinski definition) is 2. The van der Waals surface area contributed by atoms with Crippen molar-refractivity contribution < 1.29 is 14.7 Å². The van der Waals surface area contributed by atoms with Crippen LogP contribution in [-0.4, -0.2) is 23.9 Å². The maximum atomic E-state index is 11.9. The fourth-order valence-electron chi connectivity index (χ4n) is 1.87. The van der Waals surface area contributed by atoms with Gasteiger partial charge in [0.25, 0.3) is 0 Å². The Hall–Kier alpha value is -1.72. The quantitative estimate of drug-likeness (QED) is 0.797. The normalized spacial score (nSPS) is 10.8. The topological polar surface area (TPSA) is 66.4 Å². The molecular weight excluding hydrogens is 262 g/mol. The third kappa shape index (κ3) is 3.39. The van der Waals surface area contributed by atoms with Crippen LogP contribution in [0.4, 0.5) is 0 Å². The fourth-order valence-corrected chi connectivity index (χ4v) is 2.96. The number of fused-ring (bicyclic) bond motifs is 1. The van der Waals surface area contributed by atoms with Gasteiger partial charge < -0.3 is 10.4 Å². The van der Waals surface area contributed by atoms with Crippen LogP contribution < -0.4 is 5.32 Å². The first kappa shape index (κ1) is 13.7. The molecule has 1 heterocycles. The summed E-state index contributed by atoms with van der Waals surface area (Å²) in [5, 5.41) is 12.7. The predicted molar refractivity (Wildman–Crippen MR) is 75.8 cm³/mol. The van der Waals surface area contributed by atoms with Crippen LogP contribution >= 0.6 is 11.3 Å². The Morgan fingerprint density at radius 2 is 2.05 bits per heavy atom. The van der Waals surface area contributed by atoms with Crippen molar-refractivity contribution in [2.24, 2.45) is 0 Å². The minimum Gasteiger partial charge on any atom is -0.481 e. The molecule has 0 spiro atoms. The van der Waals surface area contributed by atoms with E-state index in [2.05, 4.69) is 11.4 Å². The van der Waals surface area contributed by atoms with Crippen LogP contribution in [0, 0.1) is 0 Å². The van der Waals surface area contributed by atoms with Crippen molar-refractivity contribution in [2.45, 2.75) is 19.4 Å². The van der Waals surface area contributed by atoms with Crippen molar-refractivity contribution >= 4 is 33.2 Å². The van der Waals surface area contributed by atoms with Crippen molar-refractivity contribution in [3.63, 3.8) is 0 Å². The zero-order valence-corrected chi connectivity index (χ0v) is 11.4. The zero-order chi connectivity index (χ0) is 13.8. The van der Waals surface area contributed by atoms with Crippen LogP contribution in [0.25, 0.3) is 10.1 Å². The molecule has 5 heteroatoms. The molecule has 100 valence electrons. The highest BCUT2D eigenvalue weighted by atomic mass is 32.1. The van der Waals surface area contributed by atoms with Gasteiger partial charge in [0.1, 0.15) is 0 Å². The van der Waals surface area contributed by atoms with Gasteiger partial charge in [-0.2, -0.15) is 0 Å². The van der Waals surface area contributed by atoms with Crippen molar-refractivity contribution in [3.05, 3.63) is 34.7 Å². The van der Waals surface area contributed by atoms with Crippen molar-refractivity contribution in [3.8, 4) is 0 Å². The summed E-state index contributed by atoms with van der Waals surface area (Å²) in [5.74, 6) is -1.04. The van der Waals surface area contributed by atoms with Gasteiger partial charge in [-0.05, 0) is 30.1 Å². The summed E-state index contributed by atoms with van der Waals surface area (Å²) in [4.78, 5) is 23.0. The van der Waals surface area contributed by atoms with E-state index in [9.17, 15) is 9.59 Å². The fraction of sp³-hybridized carbons (Fsp3) is 0.286. The van der Waals surface area contributed by atoms with Crippen molar-refractivity contribution in [1.82, 2.24) is 5.32 Å². The number of benzene rings is 1. The standard InChI is InChI=1S/C14H15NO3S/c1-15-8-9-2-3-10-7-13(19-12(10)6-9)11(16)4-5-14(17)18/h2-3,6-7,15H,4-5,8H2,1H3,(H,17,18). The SMILES string of the molecule is CNCc1ccc2cc(C(=O)CCC(=O)O)sc2c1. The largest absolute Gasteiger partial charge is 0.481 e. The lowest BCUT2D eigenvalue weighted by atomic mass is 10.1. The van der Waals surface area contributed by atoms with Crippen LogP contribution in [0.3, 0.4) is 0 Å². The summed E-state index contributed by atoms with van der Waals surface area (Å²) in [6.07, 6.45) is -0.0520. The number of carboxylic acids is 1. The number of rotatable bonds is 6. The highest BCUT2D eigenvalue weighted by Gasteiger charge is 2.12. The molecule has 0 saturated carbocycles. The van der Waals surface area contributed by atoms with Gasteiger partial charge in [0.15, 0.2) is 5.78 Å². The van der Waals surface area contributed by atoms with Gasteiger partial charge in [-0.15, -0.1) is 11.3 Å². The number of Topliss-reactive ketones (excluding diaryl/α,β-unsaturated/α-hetero) is 1. The monoisotopic (exact) mass is 277 g/mol. The summed E-state index contributed by atoms with van der Waals surface area (Å²) < 4.78 is 1.06. The van der Waals surface area contributed by atoms with Gasteiger partial charge in [0.2, 0.25) is 0 Å². The number of aliphatic carboxylic acids is 1. The first-order chi connectivity index (χ1) is 9.10. The van der Waals surface area contributed by atoms with Crippen LogP contribution in [-0.2, 0) is 11.3 Å². The Labute approximate surface area is 115 Å². The molecule has 1 aromatic carbocycles. The summed E-state index contributed by atoms with van der Waals surface area (Å²) >= 11 is 1.43. The van der Waals surface area contributed by atoms with E-state index in [-0.39, 0.29) is 18.6 Å². The van der Waals surface area contributed by atoms with Crippen LogP contribution in [0.2, 0.25) is 0 Å². The molecular formula is C14H15NO3S.